The first kappa shape index (κ1) is 19.2. The summed E-state index contributed by atoms with van der Waals surface area (Å²) in [5.41, 5.74) is 6.00. The van der Waals surface area contributed by atoms with Gasteiger partial charge in [0.05, 0.1) is 17.2 Å². The molecule has 3 aromatic rings. The smallest absolute Gasteiger partial charge is 0.280 e. The highest BCUT2D eigenvalue weighted by Gasteiger charge is 2.20. The SMILES string of the molecule is Cc1nc(C(=O)NCc2cc(F)cc3c2OCOC3)sc1-c1ccc2c(c1)CCC2. The molecule has 0 saturated heterocycles. The van der Waals surface area contributed by atoms with E-state index in [2.05, 4.69) is 28.5 Å². The second kappa shape index (κ2) is 7.81. The Labute approximate surface area is 177 Å². The Morgan fingerprint density at radius 3 is 2.97 bits per heavy atom. The number of amides is 1. The van der Waals surface area contributed by atoms with E-state index in [-0.39, 0.29) is 25.1 Å². The number of nitrogens with one attached hydrogen (secondary N) is 1. The highest BCUT2D eigenvalue weighted by molar-refractivity contribution is 7.17. The lowest BCUT2D eigenvalue weighted by Crippen LogP contribution is -2.24. The first-order valence-electron chi connectivity index (χ1n) is 9.98. The van der Waals surface area contributed by atoms with Crippen molar-refractivity contribution < 1.29 is 18.7 Å². The predicted octanol–water partition coefficient (Wildman–Crippen LogP) is 4.54. The van der Waals surface area contributed by atoms with Crippen LogP contribution in [-0.2, 0) is 30.7 Å². The molecule has 30 heavy (non-hydrogen) atoms. The summed E-state index contributed by atoms with van der Waals surface area (Å²) >= 11 is 1.38. The highest BCUT2D eigenvalue weighted by Crippen LogP contribution is 2.34. The van der Waals surface area contributed by atoms with E-state index in [9.17, 15) is 9.18 Å². The molecule has 0 saturated carbocycles. The van der Waals surface area contributed by atoms with Gasteiger partial charge < -0.3 is 14.8 Å². The van der Waals surface area contributed by atoms with Gasteiger partial charge in [0.15, 0.2) is 11.8 Å². The summed E-state index contributed by atoms with van der Waals surface area (Å²) in [5.74, 6) is -0.0752. The quantitative estimate of drug-likeness (QED) is 0.668. The number of rotatable bonds is 4. The number of benzene rings is 2. The van der Waals surface area contributed by atoms with E-state index in [4.69, 9.17) is 9.47 Å². The van der Waals surface area contributed by atoms with Gasteiger partial charge in [0.1, 0.15) is 11.6 Å². The molecule has 154 valence electrons. The second-order valence-electron chi connectivity index (χ2n) is 7.62. The first-order valence-corrected chi connectivity index (χ1v) is 10.8. The Balaban J connectivity index is 1.34. The third kappa shape index (κ3) is 3.59. The van der Waals surface area contributed by atoms with Gasteiger partial charge in [0.2, 0.25) is 0 Å². The number of hydrogen-bond acceptors (Lipinski definition) is 5. The largest absolute Gasteiger partial charge is 0.467 e. The third-order valence-electron chi connectivity index (χ3n) is 5.54. The third-order valence-corrected chi connectivity index (χ3v) is 6.75. The molecule has 1 N–H and O–H groups in total. The highest BCUT2D eigenvalue weighted by atomic mass is 32.1. The fourth-order valence-corrected chi connectivity index (χ4v) is 5.09. The first-order chi connectivity index (χ1) is 14.6. The van der Waals surface area contributed by atoms with Crippen LogP contribution in [-0.4, -0.2) is 17.7 Å². The number of hydrogen-bond donors (Lipinski definition) is 1. The zero-order chi connectivity index (χ0) is 20.7. The average molecular weight is 424 g/mol. The van der Waals surface area contributed by atoms with Crippen molar-refractivity contribution in [3.63, 3.8) is 0 Å². The van der Waals surface area contributed by atoms with Gasteiger partial charge >= 0.3 is 0 Å². The van der Waals surface area contributed by atoms with Crippen molar-refractivity contribution >= 4 is 17.2 Å². The fraction of sp³-hybridized carbons (Fsp3) is 0.304. The molecule has 0 atom stereocenters. The summed E-state index contributed by atoms with van der Waals surface area (Å²) < 4.78 is 24.6. The second-order valence-corrected chi connectivity index (χ2v) is 8.62. The Morgan fingerprint density at radius 1 is 1.20 bits per heavy atom. The maximum Gasteiger partial charge on any atom is 0.280 e. The number of halogens is 1. The van der Waals surface area contributed by atoms with Crippen molar-refractivity contribution in [2.45, 2.75) is 39.3 Å². The van der Waals surface area contributed by atoms with Gasteiger partial charge in [-0.1, -0.05) is 12.1 Å². The Hall–Kier alpha value is -2.77. The maximum absolute atomic E-state index is 13.9. The van der Waals surface area contributed by atoms with Gasteiger partial charge in [0.25, 0.3) is 5.91 Å². The molecule has 0 fully saturated rings. The van der Waals surface area contributed by atoms with Crippen molar-refractivity contribution in [1.82, 2.24) is 10.3 Å². The molecule has 0 radical (unpaired) electrons. The summed E-state index contributed by atoms with van der Waals surface area (Å²) in [7, 11) is 0. The molecule has 0 unspecified atom stereocenters. The minimum atomic E-state index is -0.379. The van der Waals surface area contributed by atoms with E-state index in [1.54, 1.807) is 0 Å². The van der Waals surface area contributed by atoms with E-state index >= 15 is 0 Å². The van der Waals surface area contributed by atoms with E-state index in [1.165, 1.54) is 41.0 Å². The van der Waals surface area contributed by atoms with Crippen LogP contribution < -0.4 is 10.1 Å². The number of carbonyl (C=O) groups excluding carboxylic acids is 1. The molecular formula is C23H21FN2O3S. The van der Waals surface area contributed by atoms with Crippen LogP contribution >= 0.6 is 11.3 Å². The molecule has 0 bridgehead atoms. The summed E-state index contributed by atoms with van der Waals surface area (Å²) in [6, 6.07) is 9.31. The van der Waals surface area contributed by atoms with Crippen LogP contribution in [0.15, 0.2) is 30.3 Å². The van der Waals surface area contributed by atoms with Gasteiger partial charge in [-0.05, 0) is 61.1 Å². The summed E-state index contributed by atoms with van der Waals surface area (Å²) in [6.07, 6.45) is 3.46. The molecule has 2 heterocycles. The van der Waals surface area contributed by atoms with Crippen molar-refractivity contribution in [3.8, 4) is 16.2 Å². The van der Waals surface area contributed by atoms with E-state index in [1.807, 2.05) is 6.92 Å². The predicted molar refractivity (Wildman–Crippen MR) is 112 cm³/mol. The zero-order valence-corrected chi connectivity index (χ0v) is 17.4. The Kier molecular flexibility index (Phi) is 5.00. The minimum Gasteiger partial charge on any atom is -0.467 e. The van der Waals surface area contributed by atoms with E-state index in [0.717, 1.165) is 29.0 Å². The molecule has 2 aliphatic rings. The molecule has 5 rings (SSSR count). The van der Waals surface area contributed by atoms with Crippen molar-refractivity contribution in [3.05, 3.63) is 69.1 Å². The lowest BCUT2D eigenvalue weighted by molar-refractivity contribution is -0.0173. The lowest BCUT2D eigenvalue weighted by Gasteiger charge is -2.20. The lowest BCUT2D eigenvalue weighted by atomic mass is 10.0. The van der Waals surface area contributed by atoms with Crippen LogP contribution in [0.2, 0.25) is 0 Å². The van der Waals surface area contributed by atoms with E-state index in [0.29, 0.717) is 28.5 Å². The summed E-state index contributed by atoms with van der Waals surface area (Å²) in [6.45, 7) is 2.50. The van der Waals surface area contributed by atoms with Crippen LogP contribution in [0.5, 0.6) is 5.75 Å². The number of aryl methyl sites for hydroxylation is 3. The number of nitrogens with zero attached hydrogens (tertiary/aromatic N) is 1. The molecule has 1 aliphatic carbocycles. The van der Waals surface area contributed by atoms with Crippen molar-refractivity contribution in [1.29, 1.82) is 0 Å². The standard InChI is InChI=1S/C23H21FN2O3S/c1-13-21(16-6-5-14-3-2-4-15(14)7-16)30-23(26-13)22(27)25-10-17-8-19(24)9-18-11-28-12-29-20(17)18/h5-9H,2-4,10-12H2,1H3,(H,25,27). The van der Waals surface area contributed by atoms with Gasteiger partial charge in [-0.3, -0.25) is 4.79 Å². The monoisotopic (exact) mass is 424 g/mol. The summed E-state index contributed by atoms with van der Waals surface area (Å²) in [4.78, 5) is 18.2. The van der Waals surface area contributed by atoms with Crippen LogP contribution in [0.1, 0.15) is 44.2 Å². The van der Waals surface area contributed by atoms with Crippen LogP contribution in [0.4, 0.5) is 4.39 Å². The number of aromatic nitrogens is 1. The Morgan fingerprint density at radius 2 is 2.07 bits per heavy atom. The van der Waals surface area contributed by atoms with Crippen LogP contribution in [0, 0.1) is 12.7 Å². The maximum atomic E-state index is 13.9. The van der Waals surface area contributed by atoms with Crippen molar-refractivity contribution in [2.24, 2.45) is 0 Å². The summed E-state index contributed by atoms with van der Waals surface area (Å²) in [5, 5.41) is 3.25. The average Bonchev–Trinajstić information content (AvgIpc) is 3.37. The Bertz CT molecular complexity index is 1140. The minimum absolute atomic E-state index is 0.120. The molecule has 1 aromatic heterocycles. The zero-order valence-electron chi connectivity index (χ0n) is 16.6. The van der Waals surface area contributed by atoms with Gasteiger partial charge in [-0.25, -0.2) is 9.37 Å². The van der Waals surface area contributed by atoms with Gasteiger partial charge in [-0.2, -0.15) is 0 Å². The van der Waals surface area contributed by atoms with Crippen LogP contribution in [0.25, 0.3) is 10.4 Å². The molecule has 7 heteroatoms. The molecular weight excluding hydrogens is 403 g/mol. The van der Waals surface area contributed by atoms with E-state index < -0.39 is 0 Å². The number of thiazole rings is 1. The normalized spacial score (nSPS) is 14.7. The van der Waals surface area contributed by atoms with Gasteiger partial charge in [-0.15, -0.1) is 11.3 Å². The molecule has 1 amide bonds. The van der Waals surface area contributed by atoms with Gasteiger partial charge in [0, 0.05) is 17.7 Å². The number of ether oxygens (including phenoxy) is 2. The topological polar surface area (TPSA) is 60.5 Å². The molecule has 1 aliphatic heterocycles. The molecule has 5 nitrogen and oxygen atoms in total. The van der Waals surface area contributed by atoms with Crippen molar-refractivity contribution in [2.75, 3.05) is 6.79 Å². The number of fused-ring (bicyclic) bond motifs is 2. The molecule has 2 aromatic carbocycles. The van der Waals surface area contributed by atoms with Crippen LogP contribution in [0.3, 0.4) is 0 Å². The fourth-order valence-electron chi connectivity index (χ4n) is 4.11. The molecule has 0 spiro atoms. The number of carbonyl (C=O) groups is 1.